The monoisotopic (exact) mass is 492 g/mol. The fourth-order valence-corrected chi connectivity index (χ4v) is 4.84. The molecular formula is C29H24N4O2S. The van der Waals surface area contributed by atoms with E-state index in [1.807, 2.05) is 86.7 Å². The minimum atomic E-state index is -0.198. The molecule has 6 nitrogen and oxygen atoms in total. The minimum absolute atomic E-state index is 0.198. The number of amides is 1. The summed E-state index contributed by atoms with van der Waals surface area (Å²) in [4.78, 5) is 19.3. The maximum Gasteiger partial charge on any atom is 0.256 e. The first-order valence-electron chi connectivity index (χ1n) is 11.4. The number of carbonyl (C=O) groups is 1. The third-order valence-corrected chi connectivity index (χ3v) is 7.10. The molecule has 0 bridgehead atoms. The number of phenolic OH excluding ortho intramolecular Hbond substituents is 1. The molecule has 3 aromatic carbocycles. The normalized spacial score (nSPS) is 11.3. The molecule has 36 heavy (non-hydrogen) atoms. The van der Waals surface area contributed by atoms with Crippen molar-refractivity contribution in [1.82, 2.24) is 15.2 Å². The zero-order valence-corrected chi connectivity index (χ0v) is 20.6. The van der Waals surface area contributed by atoms with Crippen molar-refractivity contribution in [2.24, 2.45) is 0 Å². The van der Waals surface area contributed by atoms with Crippen LogP contribution in [0.4, 0.5) is 5.69 Å². The summed E-state index contributed by atoms with van der Waals surface area (Å²) in [6, 6.07) is 22.7. The molecule has 1 amide bonds. The number of pyridine rings is 1. The van der Waals surface area contributed by atoms with Crippen LogP contribution in [0.15, 0.2) is 88.8 Å². The molecule has 178 valence electrons. The van der Waals surface area contributed by atoms with Crippen LogP contribution in [-0.2, 0) is 0 Å². The Labute approximate surface area is 213 Å². The molecule has 0 saturated carbocycles. The molecule has 5 rings (SSSR count). The number of aromatic nitrogens is 3. The van der Waals surface area contributed by atoms with Crippen LogP contribution in [0.2, 0.25) is 0 Å². The van der Waals surface area contributed by atoms with Crippen molar-refractivity contribution in [3.05, 3.63) is 107 Å². The van der Waals surface area contributed by atoms with Crippen LogP contribution in [0.25, 0.3) is 23.1 Å². The number of nitrogens with one attached hydrogen (secondary N) is 2. The van der Waals surface area contributed by atoms with Crippen LogP contribution >= 0.6 is 11.8 Å². The van der Waals surface area contributed by atoms with Crippen molar-refractivity contribution in [2.45, 2.75) is 23.6 Å². The Morgan fingerprint density at radius 2 is 1.81 bits per heavy atom. The lowest BCUT2D eigenvalue weighted by Crippen LogP contribution is -2.14. The van der Waals surface area contributed by atoms with Crippen LogP contribution in [-0.4, -0.2) is 26.2 Å². The Morgan fingerprint density at radius 3 is 2.64 bits per heavy atom. The molecule has 2 aromatic heterocycles. The summed E-state index contributed by atoms with van der Waals surface area (Å²) in [5.74, 6) is 0.0156. The van der Waals surface area contributed by atoms with Crippen LogP contribution in [0.3, 0.4) is 0 Å². The van der Waals surface area contributed by atoms with E-state index in [0.29, 0.717) is 11.3 Å². The van der Waals surface area contributed by atoms with Gasteiger partial charge >= 0.3 is 0 Å². The maximum absolute atomic E-state index is 13.2. The number of carbonyl (C=O) groups excluding carboxylic acids is 1. The molecule has 5 aromatic rings. The molecule has 0 aliphatic heterocycles. The molecule has 7 heteroatoms. The van der Waals surface area contributed by atoms with Gasteiger partial charge in [0, 0.05) is 27.1 Å². The quantitative estimate of drug-likeness (QED) is 0.225. The topological polar surface area (TPSA) is 90.9 Å². The van der Waals surface area contributed by atoms with E-state index >= 15 is 0 Å². The number of rotatable bonds is 6. The van der Waals surface area contributed by atoms with Gasteiger partial charge in [0.2, 0.25) is 0 Å². The van der Waals surface area contributed by atoms with Gasteiger partial charge in [-0.05, 0) is 91.7 Å². The van der Waals surface area contributed by atoms with Crippen LogP contribution in [0.1, 0.15) is 32.9 Å². The number of hydrogen-bond acceptors (Lipinski definition) is 5. The summed E-state index contributed by atoms with van der Waals surface area (Å²) in [5, 5.41) is 21.5. The van der Waals surface area contributed by atoms with E-state index in [-0.39, 0.29) is 11.7 Å². The highest BCUT2D eigenvalue weighted by Crippen LogP contribution is 2.34. The number of phenols is 1. The van der Waals surface area contributed by atoms with Crippen LogP contribution in [0.5, 0.6) is 5.75 Å². The van der Waals surface area contributed by atoms with E-state index in [2.05, 4.69) is 20.5 Å². The number of anilines is 1. The molecule has 3 N–H and O–H groups in total. The molecule has 0 aliphatic rings. The van der Waals surface area contributed by atoms with Gasteiger partial charge in [0.1, 0.15) is 5.75 Å². The first kappa shape index (κ1) is 23.4. The number of hydrogen-bond donors (Lipinski definition) is 3. The van der Waals surface area contributed by atoms with Crippen molar-refractivity contribution in [2.75, 3.05) is 5.32 Å². The summed E-state index contributed by atoms with van der Waals surface area (Å²) in [5.41, 5.74) is 5.47. The molecule has 0 atom stereocenters. The highest BCUT2D eigenvalue weighted by Gasteiger charge is 2.15. The molecular weight excluding hydrogens is 468 g/mol. The van der Waals surface area contributed by atoms with Gasteiger partial charge in [-0.3, -0.25) is 14.9 Å². The highest BCUT2D eigenvalue weighted by atomic mass is 32.2. The molecule has 0 fully saturated rings. The standard InChI is InChI=1S/C29H24N4O2S/c1-18-19(2)27(34)15-14-24(18)31-29(35)23-8-3-4-9-28(23)36-21-11-12-22-25(32-33-26(22)17-21)13-10-20-7-5-6-16-30-20/h3-17,34H,1-2H3,(H,31,35)(H,32,33)/b13-10+. The second kappa shape index (κ2) is 10.1. The number of aromatic hydroxyl groups is 1. The average molecular weight is 493 g/mol. The molecule has 0 radical (unpaired) electrons. The van der Waals surface area contributed by atoms with Gasteiger partial charge in [-0.15, -0.1) is 0 Å². The van der Waals surface area contributed by atoms with E-state index in [9.17, 15) is 9.90 Å². The third kappa shape index (κ3) is 4.87. The molecule has 0 spiro atoms. The minimum Gasteiger partial charge on any atom is -0.508 e. The van der Waals surface area contributed by atoms with E-state index in [1.54, 1.807) is 18.3 Å². The van der Waals surface area contributed by atoms with Crippen molar-refractivity contribution in [3.63, 3.8) is 0 Å². The van der Waals surface area contributed by atoms with Crippen molar-refractivity contribution < 1.29 is 9.90 Å². The second-order valence-electron chi connectivity index (χ2n) is 8.34. The van der Waals surface area contributed by atoms with E-state index < -0.39 is 0 Å². The summed E-state index contributed by atoms with van der Waals surface area (Å²) < 4.78 is 0. The van der Waals surface area contributed by atoms with Gasteiger partial charge in [-0.25, -0.2) is 0 Å². The Balaban J connectivity index is 1.37. The largest absolute Gasteiger partial charge is 0.508 e. The van der Waals surface area contributed by atoms with Crippen molar-refractivity contribution >= 4 is 46.4 Å². The average Bonchev–Trinajstić information content (AvgIpc) is 3.31. The summed E-state index contributed by atoms with van der Waals surface area (Å²) in [7, 11) is 0. The third-order valence-electron chi connectivity index (χ3n) is 6.03. The fourth-order valence-electron chi connectivity index (χ4n) is 3.85. The first-order chi connectivity index (χ1) is 17.5. The summed E-state index contributed by atoms with van der Waals surface area (Å²) >= 11 is 1.52. The van der Waals surface area contributed by atoms with E-state index in [0.717, 1.165) is 43.2 Å². The number of H-pyrrole nitrogens is 1. The first-order valence-corrected chi connectivity index (χ1v) is 12.3. The molecule has 0 aliphatic carbocycles. The SMILES string of the molecule is Cc1c(O)ccc(NC(=O)c2ccccc2Sc2ccc3c(/C=C/c4ccccn4)n[nH]c3c2)c1C. The number of nitrogens with zero attached hydrogens (tertiary/aromatic N) is 2. The Hall–Kier alpha value is -4.36. The lowest BCUT2D eigenvalue weighted by Gasteiger charge is -2.13. The van der Waals surface area contributed by atoms with Crippen LogP contribution < -0.4 is 5.32 Å². The molecule has 0 unspecified atom stereocenters. The van der Waals surface area contributed by atoms with Gasteiger partial charge in [0.25, 0.3) is 5.91 Å². The Kier molecular flexibility index (Phi) is 6.56. The lowest BCUT2D eigenvalue weighted by atomic mass is 10.1. The zero-order chi connectivity index (χ0) is 25.1. The predicted octanol–water partition coefficient (Wildman–Crippen LogP) is 6.85. The Morgan fingerprint density at radius 1 is 0.972 bits per heavy atom. The van der Waals surface area contributed by atoms with Crippen LogP contribution in [0, 0.1) is 13.8 Å². The lowest BCUT2D eigenvalue weighted by molar-refractivity contribution is 0.102. The zero-order valence-electron chi connectivity index (χ0n) is 19.8. The van der Waals surface area contributed by atoms with E-state index in [4.69, 9.17) is 0 Å². The molecule has 2 heterocycles. The summed E-state index contributed by atoms with van der Waals surface area (Å²) in [6.45, 7) is 3.71. The Bertz CT molecular complexity index is 1590. The van der Waals surface area contributed by atoms with E-state index in [1.165, 1.54) is 11.8 Å². The number of aromatic amines is 1. The highest BCUT2D eigenvalue weighted by molar-refractivity contribution is 7.99. The second-order valence-corrected chi connectivity index (χ2v) is 9.45. The summed E-state index contributed by atoms with van der Waals surface area (Å²) in [6.07, 6.45) is 5.64. The predicted molar refractivity (Wildman–Crippen MR) is 145 cm³/mol. The van der Waals surface area contributed by atoms with Crippen molar-refractivity contribution in [3.8, 4) is 5.75 Å². The fraction of sp³-hybridized carbons (Fsp3) is 0.0690. The van der Waals surface area contributed by atoms with Gasteiger partial charge in [0.05, 0.1) is 22.5 Å². The molecule has 0 saturated heterocycles. The van der Waals surface area contributed by atoms with Gasteiger partial charge in [0.15, 0.2) is 0 Å². The van der Waals surface area contributed by atoms with Gasteiger partial charge < -0.3 is 10.4 Å². The van der Waals surface area contributed by atoms with Crippen molar-refractivity contribution in [1.29, 1.82) is 0 Å². The van der Waals surface area contributed by atoms with Gasteiger partial charge in [-0.1, -0.05) is 30.0 Å². The smallest absolute Gasteiger partial charge is 0.256 e. The number of benzene rings is 3. The van der Waals surface area contributed by atoms with Gasteiger partial charge in [-0.2, -0.15) is 5.10 Å². The number of fused-ring (bicyclic) bond motifs is 1. The maximum atomic E-state index is 13.2.